The van der Waals surface area contributed by atoms with Crippen LogP contribution in [0.5, 0.6) is 0 Å². The fourth-order valence-electron chi connectivity index (χ4n) is 2.29. The Kier molecular flexibility index (Phi) is 7.88. The number of fused-ring (bicyclic) bond motifs is 1. The lowest BCUT2D eigenvalue weighted by Gasteiger charge is -2.11. The van der Waals surface area contributed by atoms with Gasteiger partial charge >= 0.3 is 0 Å². The minimum atomic E-state index is -4.27. The molecule has 152 valence electrons. The zero-order valence-corrected chi connectivity index (χ0v) is 16.9. The standard InChI is InChI=1S/C14H16N4.C7H8O3S/c1-3-9-15-13-14(16-10-4-2)18-12-8-6-5-7-11(12)17-13;1-6-2-4-7(5-3-6)11(8,9)10/h3-8H,1-2,9-10H2,(H,15,17)(H,16,18);2-5H,1H3,(H,8,9,10)/p-1. The Bertz CT molecular complexity index is 1030. The lowest BCUT2D eigenvalue weighted by atomic mass is 10.2. The van der Waals surface area contributed by atoms with E-state index in [1.54, 1.807) is 24.3 Å². The number of anilines is 2. The molecule has 0 saturated heterocycles. The largest absolute Gasteiger partial charge is 0.744 e. The first-order chi connectivity index (χ1) is 13.8. The van der Waals surface area contributed by atoms with Gasteiger partial charge in [0.15, 0.2) is 11.6 Å². The summed E-state index contributed by atoms with van der Waals surface area (Å²) in [6.45, 7) is 10.5. The fourth-order valence-corrected chi connectivity index (χ4v) is 2.76. The highest BCUT2D eigenvalue weighted by Crippen LogP contribution is 2.20. The summed E-state index contributed by atoms with van der Waals surface area (Å²) in [6.07, 6.45) is 3.57. The summed E-state index contributed by atoms with van der Waals surface area (Å²) in [5.74, 6) is 1.46. The smallest absolute Gasteiger partial charge is 0.170 e. The molecule has 3 aromatic rings. The van der Waals surface area contributed by atoms with Gasteiger partial charge in [-0.2, -0.15) is 0 Å². The number of aromatic nitrogens is 2. The van der Waals surface area contributed by atoms with Crippen molar-refractivity contribution in [2.45, 2.75) is 11.8 Å². The summed E-state index contributed by atoms with van der Waals surface area (Å²) in [5, 5.41) is 6.35. The summed E-state index contributed by atoms with van der Waals surface area (Å²) in [5.41, 5.74) is 2.67. The Morgan fingerprint density at radius 2 is 1.34 bits per heavy atom. The van der Waals surface area contributed by atoms with Crippen LogP contribution in [-0.2, 0) is 10.1 Å². The van der Waals surface area contributed by atoms with Gasteiger partial charge in [0.1, 0.15) is 10.1 Å². The summed E-state index contributed by atoms with van der Waals surface area (Å²) in [6, 6.07) is 13.6. The number of nitrogens with one attached hydrogen (secondary N) is 2. The Morgan fingerprint density at radius 3 is 1.72 bits per heavy atom. The van der Waals surface area contributed by atoms with Crippen LogP contribution < -0.4 is 10.6 Å². The van der Waals surface area contributed by atoms with E-state index < -0.39 is 10.1 Å². The summed E-state index contributed by atoms with van der Waals surface area (Å²) >= 11 is 0. The van der Waals surface area contributed by atoms with Crippen molar-refractivity contribution in [1.82, 2.24) is 9.97 Å². The van der Waals surface area contributed by atoms with E-state index in [0.717, 1.165) is 28.2 Å². The van der Waals surface area contributed by atoms with Gasteiger partial charge in [0.2, 0.25) is 0 Å². The first-order valence-corrected chi connectivity index (χ1v) is 10.2. The Hall–Kier alpha value is -3.23. The third-order valence-electron chi connectivity index (χ3n) is 3.71. The molecule has 0 aliphatic rings. The molecule has 0 radical (unpaired) electrons. The highest BCUT2D eigenvalue weighted by molar-refractivity contribution is 7.85. The van der Waals surface area contributed by atoms with E-state index in [2.05, 4.69) is 33.8 Å². The number of aryl methyl sites for hydroxylation is 1. The molecule has 7 nitrogen and oxygen atoms in total. The average molecular weight is 412 g/mol. The molecule has 0 fully saturated rings. The highest BCUT2D eigenvalue weighted by Gasteiger charge is 2.06. The van der Waals surface area contributed by atoms with Crippen molar-refractivity contribution in [3.05, 3.63) is 79.4 Å². The maximum absolute atomic E-state index is 10.4. The van der Waals surface area contributed by atoms with E-state index in [1.807, 2.05) is 31.2 Å². The van der Waals surface area contributed by atoms with Crippen molar-refractivity contribution in [3.63, 3.8) is 0 Å². The molecule has 0 amide bonds. The van der Waals surface area contributed by atoms with Gasteiger partial charge in [-0.15, -0.1) is 13.2 Å². The molecule has 0 aliphatic carbocycles. The molecular weight excluding hydrogens is 388 g/mol. The maximum Gasteiger partial charge on any atom is 0.170 e. The minimum Gasteiger partial charge on any atom is -0.744 e. The molecule has 2 aromatic carbocycles. The Labute approximate surface area is 171 Å². The van der Waals surface area contributed by atoms with Crippen LogP contribution in [0.3, 0.4) is 0 Å². The fraction of sp³-hybridized carbons (Fsp3) is 0.143. The average Bonchev–Trinajstić information content (AvgIpc) is 2.70. The molecule has 0 unspecified atom stereocenters. The van der Waals surface area contributed by atoms with E-state index >= 15 is 0 Å². The summed E-state index contributed by atoms with van der Waals surface area (Å²) in [4.78, 5) is 8.92. The van der Waals surface area contributed by atoms with E-state index in [9.17, 15) is 13.0 Å². The SMILES string of the molecule is C=CCNc1nc2ccccc2nc1NCC=C.Cc1ccc(S(=O)(=O)[O-])cc1. The molecule has 1 aromatic heterocycles. The van der Waals surface area contributed by atoms with Crippen LogP contribution in [0.15, 0.2) is 78.7 Å². The van der Waals surface area contributed by atoms with Gasteiger partial charge in [-0.3, -0.25) is 0 Å². The van der Waals surface area contributed by atoms with E-state index in [1.165, 1.54) is 12.1 Å². The van der Waals surface area contributed by atoms with E-state index in [0.29, 0.717) is 13.1 Å². The van der Waals surface area contributed by atoms with Crippen molar-refractivity contribution in [1.29, 1.82) is 0 Å². The third kappa shape index (κ3) is 6.70. The molecular formula is C21H23N4O3S-. The van der Waals surface area contributed by atoms with Gasteiger partial charge in [0, 0.05) is 13.1 Å². The highest BCUT2D eigenvalue weighted by atomic mass is 32.2. The Morgan fingerprint density at radius 1 is 0.897 bits per heavy atom. The quantitative estimate of drug-likeness (QED) is 0.451. The topological polar surface area (TPSA) is 107 Å². The van der Waals surface area contributed by atoms with Crippen LogP contribution in [0.1, 0.15) is 5.56 Å². The van der Waals surface area contributed by atoms with Crippen LogP contribution in [0.2, 0.25) is 0 Å². The van der Waals surface area contributed by atoms with Crippen molar-refractivity contribution < 1.29 is 13.0 Å². The molecule has 0 saturated carbocycles. The molecule has 0 bridgehead atoms. The first-order valence-electron chi connectivity index (χ1n) is 8.84. The maximum atomic E-state index is 10.4. The molecule has 0 atom stereocenters. The monoisotopic (exact) mass is 411 g/mol. The number of rotatable bonds is 7. The predicted molar refractivity (Wildman–Crippen MR) is 116 cm³/mol. The molecule has 3 rings (SSSR count). The second kappa shape index (κ2) is 10.4. The van der Waals surface area contributed by atoms with Gasteiger partial charge in [0.25, 0.3) is 0 Å². The molecule has 0 aliphatic heterocycles. The van der Waals surface area contributed by atoms with Crippen LogP contribution in [0.4, 0.5) is 11.6 Å². The van der Waals surface area contributed by atoms with Crippen molar-refractivity contribution in [2.75, 3.05) is 23.7 Å². The second-order valence-corrected chi connectivity index (χ2v) is 7.40. The van der Waals surface area contributed by atoms with Gasteiger partial charge < -0.3 is 15.2 Å². The molecule has 2 N–H and O–H groups in total. The zero-order chi connectivity index (χ0) is 21.3. The normalized spacial score (nSPS) is 10.6. The number of benzene rings is 2. The molecule has 1 heterocycles. The van der Waals surface area contributed by atoms with E-state index in [-0.39, 0.29) is 4.90 Å². The minimum absolute atomic E-state index is 0.178. The Balaban J connectivity index is 0.000000234. The number of hydrogen-bond donors (Lipinski definition) is 2. The van der Waals surface area contributed by atoms with Crippen molar-refractivity contribution in [2.24, 2.45) is 0 Å². The first kappa shape index (κ1) is 22.1. The van der Waals surface area contributed by atoms with Gasteiger partial charge in [-0.1, -0.05) is 42.0 Å². The van der Waals surface area contributed by atoms with Crippen molar-refractivity contribution >= 4 is 32.8 Å². The lowest BCUT2D eigenvalue weighted by Crippen LogP contribution is -2.09. The molecule has 8 heteroatoms. The molecule has 29 heavy (non-hydrogen) atoms. The number of nitrogens with zero attached hydrogens (tertiary/aromatic N) is 2. The summed E-state index contributed by atoms with van der Waals surface area (Å²) < 4.78 is 31.2. The molecule has 0 spiro atoms. The zero-order valence-electron chi connectivity index (χ0n) is 16.1. The van der Waals surface area contributed by atoms with Gasteiger partial charge in [0.05, 0.1) is 15.9 Å². The van der Waals surface area contributed by atoms with Gasteiger partial charge in [-0.25, -0.2) is 18.4 Å². The predicted octanol–water partition coefficient (Wildman–Crippen LogP) is 3.72. The van der Waals surface area contributed by atoms with Crippen molar-refractivity contribution in [3.8, 4) is 0 Å². The van der Waals surface area contributed by atoms with E-state index in [4.69, 9.17) is 0 Å². The van der Waals surface area contributed by atoms with Crippen LogP contribution >= 0.6 is 0 Å². The second-order valence-electron chi connectivity index (χ2n) is 6.02. The number of hydrogen-bond acceptors (Lipinski definition) is 7. The summed E-state index contributed by atoms with van der Waals surface area (Å²) in [7, 11) is -4.27. The van der Waals surface area contributed by atoms with Crippen LogP contribution in [0.25, 0.3) is 11.0 Å². The van der Waals surface area contributed by atoms with Crippen LogP contribution in [0, 0.1) is 6.92 Å². The van der Waals surface area contributed by atoms with Crippen LogP contribution in [-0.4, -0.2) is 36.0 Å². The lowest BCUT2D eigenvalue weighted by molar-refractivity contribution is 0.463. The van der Waals surface area contributed by atoms with Gasteiger partial charge in [-0.05, 0) is 31.2 Å². The number of para-hydroxylation sites is 2. The third-order valence-corrected chi connectivity index (χ3v) is 4.56.